The van der Waals surface area contributed by atoms with Gasteiger partial charge < -0.3 is 35.5 Å². The number of benzene rings is 2. The van der Waals surface area contributed by atoms with Gasteiger partial charge in [-0.2, -0.15) is 0 Å². The summed E-state index contributed by atoms with van der Waals surface area (Å²) in [5.74, 6) is -0.341. The number of nitrogens with one attached hydrogen (secondary N) is 2. The van der Waals surface area contributed by atoms with Gasteiger partial charge in [0.1, 0.15) is 30.5 Å². The average molecular weight is 398 g/mol. The molecular weight excluding hydrogens is 376 g/mol. The van der Waals surface area contributed by atoms with Gasteiger partial charge in [0.25, 0.3) is 5.91 Å². The van der Waals surface area contributed by atoms with Crippen molar-refractivity contribution < 1.29 is 30.0 Å². The van der Waals surface area contributed by atoms with E-state index in [0.29, 0.717) is 16.8 Å². The second kappa shape index (κ2) is 7.94. The van der Waals surface area contributed by atoms with Crippen LogP contribution in [0.1, 0.15) is 22.0 Å². The van der Waals surface area contributed by atoms with Crippen LogP contribution in [0, 0.1) is 0 Å². The maximum absolute atomic E-state index is 12.7. The lowest BCUT2D eigenvalue weighted by molar-refractivity contribution is -0.231. The van der Waals surface area contributed by atoms with Crippen LogP contribution in [-0.4, -0.2) is 62.3 Å². The quantitative estimate of drug-likeness (QED) is 0.387. The molecule has 4 rings (SSSR count). The fraction of sp³-hybridized carbons (Fsp3) is 0.286. The van der Waals surface area contributed by atoms with Crippen molar-refractivity contribution in [3.63, 3.8) is 0 Å². The maximum Gasteiger partial charge on any atom is 0.255 e. The van der Waals surface area contributed by atoms with Crippen molar-refractivity contribution in [3.8, 4) is 0 Å². The summed E-state index contributed by atoms with van der Waals surface area (Å²) < 4.78 is 5.56. The highest BCUT2D eigenvalue weighted by Gasteiger charge is 2.44. The van der Waals surface area contributed by atoms with Crippen LogP contribution in [0.25, 0.3) is 10.9 Å². The van der Waals surface area contributed by atoms with Gasteiger partial charge >= 0.3 is 0 Å². The first-order valence-electron chi connectivity index (χ1n) is 9.27. The van der Waals surface area contributed by atoms with Crippen LogP contribution in [0.15, 0.2) is 54.7 Å². The van der Waals surface area contributed by atoms with Crippen LogP contribution in [-0.2, 0) is 4.74 Å². The Morgan fingerprint density at radius 1 is 1.03 bits per heavy atom. The third-order valence-electron chi connectivity index (χ3n) is 5.18. The molecule has 5 atom stereocenters. The summed E-state index contributed by atoms with van der Waals surface area (Å²) in [5.41, 5.74) is 2.40. The summed E-state index contributed by atoms with van der Waals surface area (Å²) in [7, 11) is 0. The summed E-state index contributed by atoms with van der Waals surface area (Å²) in [6.45, 7) is -0.511. The standard InChI is InChI=1S/C21H22N2O6/c24-10-16-17(25)18(26)19(27)20(29-16)12-2-1-3-13(8-12)21(28)23-14-4-5-15-11(9-14)6-7-22-15/h1-9,16-20,22,24-27H,10H2,(H,23,28). The number of H-pyrrole nitrogens is 1. The number of amides is 1. The molecule has 6 N–H and O–H groups in total. The molecule has 0 radical (unpaired) electrons. The summed E-state index contributed by atoms with van der Waals surface area (Å²) in [5, 5.41) is 43.4. The zero-order chi connectivity index (χ0) is 20.5. The lowest BCUT2D eigenvalue weighted by Gasteiger charge is -2.40. The zero-order valence-corrected chi connectivity index (χ0v) is 15.4. The third kappa shape index (κ3) is 3.76. The predicted molar refractivity (Wildman–Crippen MR) is 105 cm³/mol. The molecule has 5 unspecified atom stereocenters. The van der Waals surface area contributed by atoms with Crippen molar-refractivity contribution in [1.82, 2.24) is 4.98 Å². The zero-order valence-electron chi connectivity index (χ0n) is 15.4. The van der Waals surface area contributed by atoms with E-state index in [-0.39, 0.29) is 5.91 Å². The number of carbonyl (C=O) groups excluding carboxylic acids is 1. The van der Waals surface area contributed by atoms with E-state index in [1.54, 1.807) is 30.3 Å². The van der Waals surface area contributed by atoms with Crippen molar-refractivity contribution in [2.45, 2.75) is 30.5 Å². The van der Waals surface area contributed by atoms with Gasteiger partial charge in [0, 0.05) is 28.4 Å². The van der Waals surface area contributed by atoms with Gasteiger partial charge in [0.15, 0.2) is 0 Å². The molecule has 0 bridgehead atoms. The molecule has 2 heterocycles. The smallest absolute Gasteiger partial charge is 0.255 e. The summed E-state index contributed by atoms with van der Waals surface area (Å²) in [6, 6.07) is 13.9. The topological polar surface area (TPSA) is 135 Å². The van der Waals surface area contributed by atoms with Crippen LogP contribution in [0.3, 0.4) is 0 Å². The van der Waals surface area contributed by atoms with E-state index in [9.17, 15) is 25.2 Å². The van der Waals surface area contributed by atoms with Gasteiger partial charge in [-0.15, -0.1) is 0 Å². The van der Waals surface area contributed by atoms with E-state index in [1.165, 1.54) is 0 Å². The number of carbonyl (C=O) groups is 1. The average Bonchev–Trinajstić information content (AvgIpc) is 3.20. The number of anilines is 1. The van der Waals surface area contributed by atoms with Crippen molar-refractivity contribution in [1.29, 1.82) is 0 Å². The molecule has 3 aromatic rings. The minimum atomic E-state index is -1.48. The number of aliphatic hydroxyl groups is 4. The van der Waals surface area contributed by atoms with Gasteiger partial charge in [-0.05, 0) is 42.0 Å². The Morgan fingerprint density at radius 3 is 2.66 bits per heavy atom. The molecule has 0 spiro atoms. The van der Waals surface area contributed by atoms with Crippen LogP contribution >= 0.6 is 0 Å². The third-order valence-corrected chi connectivity index (χ3v) is 5.18. The highest BCUT2D eigenvalue weighted by atomic mass is 16.5. The molecule has 8 nitrogen and oxygen atoms in total. The Bertz CT molecular complexity index is 1020. The molecule has 1 aromatic heterocycles. The second-order valence-corrected chi connectivity index (χ2v) is 7.11. The number of rotatable bonds is 4. The van der Waals surface area contributed by atoms with Crippen molar-refractivity contribution in [2.75, 3.05) is 11.9 Å². The fourth-order valence-electron chi connectivity index (χ4n) is 3.57. The van der Waals surface area contributed by atoms with Gasteiger partial charge in [-0.1, -0.05) is 12.1 Å². The van der Waals surface area contributed by atoms with Crippen LogP contribution in [0.5, 0.6) is 0 Å². The largest absolute Gasteiger partial charge is 0.394 e. The molecule has 0 saturated carbocycles. The number of aromatic amines is 1. The van der Waals surface area contributed by atoms with Crippen LogP contribution in [0.2, 0.25) is 0 Å². The Kier molecular flexibility index (Phi) is 5.35. The van der Waals surface area contributed by atoms with E-state index < -0.39 is 37.1 Å². The lowest BCUT2D eigenvalue weighted by Crippen LogP contribution is -2.55. The maximum atomic E-state index is 12.7. The highest BCUT2D eigenvalue weighted by molar-refractivity contribution is 6.05. The van der Waals surface area contributed by atoms with Gasteiger partial charge in [0.05, 0.1) is 6.61 Å². The Balaban J connectivity index is 1.55. The van der Waals surface area contributed by atoms with E-state index in [1.807, 2.05) is 24.4 Å². The molecule has 1 fully saturated rings. The van der Waals surface area contributed by atoms with Crippen LogP contribution < -0.4 is 5.32 Å². The van der Waals surface area contributed by atoms with Crippen molar-refractivity contribution >= 4 is 22.5 Å². The Morgan fingerprint density at radius 2 is 1.86 bits per heavy atom. The molecule has 1 amide bonds. The Hall–Kier alpha value is -2.75. The molecule has 1 aliphatic heterocycles. The van der Waals surface area contributed by atoms with Crippen molar-refractivity contribution in [3.05, 3.63) is 65.9 Å². The van der Waals surface area contributed by atoms with E-state index >= 15 is 0 Å². The minimum absolute atomic E-state index is 0.341. The second-order valence-electron chi connectivity index (χ2n) is 7.11. The number of fused-ring (bicyclic) bond motifs is 1. The molecular formula is C21H22N2O6. The fourth-order valence-corrected chi connectivity index (χ4v) is 3.57. The van der Waals surface area contributed by atoms with Gasteiger partial charge in [-0.3, -0.25) is 4.79 Å². The predicted octanol–water partition coefficient (Wildman–Crippen LogP) is 0.935. The highest BCUT2D eigenvalue weighted by Crippen LogP contribution is 2.32. The lowest BCUT2D eigenvalue weighted by atomic mass is 9.90. The first-order chi connectivity index (χ1) is 14.0. The molecule has 2 aromatic carbocycles. The Labute approximate surface area is 166 Å². The number of hydrogen-bond donors (Lipinski definition) is 6. The molecule has 29 heavy (non-hydrogen) atoms. The van der Waals surface area contributed by atoms with E-state index in [0.717, 1.165) is 10.9 Å². The molecule has 0 aliphatic carbocycles. The molecule has 1 aliphatic rings. The molecule has 1 saturated heterocycles. The monoisotopic (exact) mass is 398 g/mol. The van der Waals surface area contributed by atoms with Gasteiger partial charge in [0.2, 0.25) is 0 Å². The minimum Gasteiger partial charge on any atom is -0.394 e. The molecule has 8 heteroatoms. The number of aliphatic hydroxyl groups excluding tert-OH is 4. The summed E-state index contributed by atoms with van der Waals surface area (Å²) >= 11 is 0. The number of ether oxygens (including phenoxy) is 1. The van der Waals surface area contributed by atoms with E-state index in [4.69, 9.17) is 4.74 Å². The summed E-state index contributed by atoms with van der Waals surface area (Å²) in [4.78, 5) is 15.8. The SMILES string of the molecule is O=C(Nc1ccc2[nH]ccc2c1)c1cccc(C2OC(CO)C(O)C(O)C2O)c1. The number of hydrogen-bond acceptors (Lipinski definition) is 6. The van der Waals surface area contributed by atoms with Crippen LogP contribution in [0.4, 0.5) is 5.69 Å². The first kappa shape index (κ1) is 19.6. The van der Waals surface area contributed by atoms with Gasteiger partial charge in [-0.25, -0.2) is 0 Å². The van der Waals surface area contributed by atoms with E-state index in [2.05, 4.69) is 10.3 Å². The normalized spacial score (nSPS) is 27.1. The van der Waals surface area contributed by atoms with Crippen molar-refractivity contribution in [2.24, 2.45) is 0 Å². The molecule has 152 valence electrons. The number of aromatic nitrogens is 1. The first-order valence-corrected chi connectivity index (χ1v) is 9.27. The summed E-state index contributed by atoms with van der Waals surface area (Å²) in [6.07, 6.45) is -4.49.